The van der Waals surface area contributed by atoms with Crippen molar-refractivity contribution in [3.8, 4) is 11.5 Å². The molecule has 0 aliphatic heterocycles. The summed E-state index contributed by atoms with van der Waals surface area (Å²) < 4.78 is 17.9. The van der Waals surface area contributed by atoms with Gasteiger partial charge in [0.05, 0.1) is 6.20 Å². The van der Waals surface area contributed by atoms with Gasteiger partial charge in [-0.25, -0.2) is 14.2 Å². The van der Waals surface area contributed by atoms with Crippen molar-refractivity contribution in [3.05, 3.63) is 41.0 Å². The fourth-order valence-electron chi connectivity index (χ4n) is 1.18. The third-order valence-electron chi connectivity index (χ3n) is 1.83. The van der Waals surface area contributed by atoms with E-state index >= 15 is 0 Å². The highest BCUT2D eigenvalue weighted by Crippen LogP contribution is 2.24. The van der Waals surface area contributed by atoms with Crippen molar-refractivity contribution in [2.24, 2.45) is 0 Å². The number of oxazole rings is 1. The smallest absolute Gasteiger partial charge is 0.373 e. The fourth-order valence-corrected chi connectivity index (χ4v) is 1.41. The first-order valence-corrected chi connectivity index (χ1v) is 4.59. The lowest BCUT2D eigenvalue weighted by Gasteiger charge is -1.97. The predicted molar refractivity (Wildman–Crippen MR) is 53.9 cm³/mol. The van der Waals surface area contributed by atoms with E-state index in [-0.39, 0.29) is 22.2 Å². The molecule has 1 aromatic carbocycles. The number of benzene rings is 1. The van der Waals surface area contributed by atoms with E-state index in [0.29, 0.717) is 0 Å². The van der Waals surface area contributed by atoms with Crippen molar-refractivity contribution in [2.45, 2.75) is 0 Å². The molecule has 0 spiro atoms. The maximum absolute atomic E-state index is 13.0. The van der Waals surface area contributed by atoms with Crippen LogP contribution in [0.4, 0.5) is 4.39 Å². The van der Waals surface area contributed by atoms with E-state index in [1.54, 1.807) is 0 Å². The number of carbonyl (C=O) groups is 1. The van der Waals surface area contributed by atoms with Gasteiger partial charge < -0.3 is 9.52 Å². The maximum Gasteiger partial charge on any atom is 0.373 e. The molecule has 0 fully saturated rings. The maximum atomic E-state index is 13.0. The Labute approximate surface area is 94.3 Å². The van der Waals surface area contributed by atoms with E-state index in [0.717, 1.165) is 18.3 Å². The average Bonchev–Trinajstić information content (AvgIpc) is 2.64. The molecule has 4 nitrogen and oxygen atoms in total. The van der Waals surface area contributed by atoms with Crippen molar-refractivity contribution in [2.75, 3.05) is 0 Å². The molecule has 1 aromatic heterocycles. The molecule has 6 heteroatoms. The molecular formula is C10H5ClFNO3. The van der Waals surface area contributed by atoms with Gasteiger partial charge in [0.2, 0.25) is 11.7 Å². The number of halogens is 2. The molecule has 0 aliphatic rings. The number of hydrogen-bond donors (Lipinski definition) is 1. The van der Waals surface area contributed by atoms with Crippen molar-refractivity contribution in [3.63, 3.8) is 0 Å². The standard InChI is InChI=1S/C10H5ClFNO3/c11-6-1-5(2-7(12)3-6)9-13-4-8(16-9)10(14)15/h1-4H,(H,14,15). The van der Waals surface area contributed by atoms with Crippen LogP contribution in [-0.4, -0.2) is 16.1 Å². The van der Waals surface area contributed by atoms with Gasteiger partial charge in [0.15, 0.2) is 0 Å². The van der Waals surface area contributed by atoms with Gasteiger partial charge >= 0.3 is 5.97 Å². The number of rotatable bonds is 2. The molecule has 0 bridgehead atoms. The summed E-state index contributed by atoms with van der Waals surface area (Å²) in [6.07, 6.45) is 1.05. The van der Waals surface area contributed by atoms with Gasteiger partial charge in [-0.2, -0.15) is 0 Å². The summed E-state index contributed by atoms with van der Waals surface area (Å²) in [5, 5.41) is 8.81. The molecule has 0 saturated carbocycles. The zero-order valence-corrected chi connectivity index (χ0v) is 8.53. The van der Waals surface area contributed by atoms with Crippen LogP contribution in [0.2, 0.25) is 5.02 Å². The van der Waals surface area contributed by atoms with Crippen molar-refractivity contribution < 1.29 is 18.7 Å². The summed E-state index contributed by atoms with van der Waals surface area (Å²) in [6.45, 7) is 0. The normalized spacial score (nSPS) is 10.4. The first kappa shape index (κ1) is 10.6. The Hall–Kier alpha value is -1.88. The van der Waals surface area contributed by atoms with E-state index in [2.05, 4.69) is 4.98 Å². The quantitative estimate of drug-likeness (QED) is 0.878. The molecule has 0 unspecified atom stereocenters. The van der Waals surface area contributed by atoms with Crippen LogP contribution in [0.25, 0.3) is 11.5 Å². The molecule has 2 aromatic rings. The first-order valence-electron chi connectivity index (χ1n) is 4.22. The van der Waals surface area contributed by atoms with Crippen LogP contribution in [0.1, 0.15) is 10.6 Å². The largest absolute Gasteiger partial charge is 0.475 e. The highest BCUT2D eigenvalue weighted by Gasteiger charge is 2.13. The summed E-state index contributed by atoms with van der Waals surface area (Å²) >= 11 is 5.64. The molecule has 82 valence electrons. The number of aromatic carboxylic acids is 1. The number of aromatic nitrogens is 1. The molecule has 0 radical (unpaired) electrons. The Bertz CT molecular complexity index is 532. The second-order valence-electron chi connectivity index (χ2n) is 2.99. The van der Waals surface area contributed by atoms with Gasteiger partial charge in [-0.15, -0.1) is 0 Å². The highest BCUT2D eigenvalue weighted by molar-refractivity contribution is 6.30. The fraction of sp³-hybridized carbons (Fsp3) is 0. The Morgan fingerprint density at radius 1 is 1.44 bits per heavy atom. The second-order valence-corrected chi connectivity index (χ2v) is 3.43. The van der Waals surface area contributed by atoms with Crippen molar-refractivity contribution >= 4 is 17.6 Å². The minimum atomic E-state index is -1.23. The van der Waals surface area contributed by atoms with Gasteiger partial charge in [-0.3, -0.25) is 0 Å². The summed E-state index contributed by atoms with van der Waals surface area (Å²) in [5.41, 5.74) is 0.289. The summed E-state index contributed by atoms with van der Waals surface area (Å²) in [6, 6.07) is 3.72. The monoisotopic (exact) mass is 241 g/mol. The van der Waals surface area contributed by atoms with Gasteiger partial charge in [-0.1, -0.05) is 11.6 Å². The highest BCUT2D eigenvalue weighted by atomic mass is 35.5. The second kappa shape index (κ2) is 3.94. The van der Waals surface area contributed by atoms with Crippen molar-refractivity contribution in [1.82, 2.24) is 4.98 Å². The molecular weight excluding hydrogens is 237 g/mol. The Morgan fingerprint density at radius 2 is 2.19 bits per heavy atom. The molecule has 16 heavy (non-hydrogen) atoms. The average molecular weight is 242 g/mol. The van der Waals surface area contributed by atoms with E-state index in [1.807, 2.05) is 0 Å². The third kappa shape index (κ3) is 2.04. The van der Waals surface area contributed by atoms with Crippen LogP contribution in [0.3, 0.4) is 0 Å². The summed E-state index contributed by atoms with van der Waals surface area (Å²) in [7, 11) is 0. The van der Waals surface area contributed by atoms with Gasteiger partial charge in [0.25, 0.3) is 0 Å². The van der Waals surface area contributed by atoms with Crippen LogP contribution >= 0.6 is 11.6 Å². The summed E-state index contributed by atoms with van der Waals surface area (Å²) in [4.78, 5) is 14.3. The minimum absolute atomic E-state index is 0.0128. The zero-order valence-electron chi connectivity index (χ0n) is 7.78. The lowest BCUT2D eigenvalue weighted by Crippen LogP contribution is -1.91. The van der Waals surface area contributed by atoms with E-state index in [1.165, 1.54) is 6.07 Å². The predicted octanol–water partition coefficient (Wildman–Crippen LogP) is 2.83. The molecule has 0 aliphatic carbocycles. The molecule has 0 amide bonds. The van der Waals surface area contributed by atoms with Crippen LogP contribution in [-0.2, 0) is 0 Å². The minimum Gasteiger partial charge on any atom is -0.475 e. The number of carboxylic acid groups (broad SMARTS) is 1. The summed E-state index contributed by atoms with van der Waals surface area (Å²) in [5.74, 6) is -2.08. The molecule has 0 saturated heterocycles. The number of carboxylic acids is 1. The van der Waals surface area contributed by atoms with Gasteiger partial charge in [-0.05, 0) is 18.2 Å². The van der Waals surface area contributed by atoms with Crippen LogP contribution in [0, 0.1) is 5.82 Å². The van der Waals surface area contributed by atoms with Gasteiger partial charge in [0.1, 0.15) is 5.82 Å². The lowest BCUT2D eigenvalue weighted by atomic mass is 10.2. The first-order chi connectivity index (χ1) is 7.56. The van der Waals surface area contributed by atoms with Crippen LogP contribution < -0.4 is 0 Å². The zero-order chi connectivity index (χ0) is 11.7. The molecule has 1 heterocycles. The molecule has 2 rings (SSSR count). The Balaban J connectivity index is 2.46. The van der Waals surface area contributed by atoms with E-state index < -0.39 is 11.8 Å². The van der Waals surface area contributed by atoms with E-state index in [9.17, 15) is 9.18 Å². The SMILES string of the molecule is O=C(O)c1cnc(-c2cc(F)cc(Cl)c2)o1. The number of hydrogen-bond acceptors (Lipinski definition) is 3. The Morgan fingerprint density at radius 3 is 2.75 bits per heavy atom. The topological polar surface area (TPSA) is 63.3 Å². The molecule has 1 N–H and O–H groups in total. The van der Waals surface area contributed by atoms with E-state index in [4.69, 9.17) is 21.1 Å². The Kier molecular flexibility index (Phi) is 2.62. The number of nitrogens with zero attached hydrogens (tertiary/aromatic N) is 1. The van der Waals surface area contributed by atoms with Gasteiger partial charge in [0, 0.05) is 10.6 Å². The lowest BCUT2D eigenvalue weighted by molar-refractivity contribution is 0.0663. The van der Waals surface area contributed by atoms with Crippen molar-refractivity contribution in [1.29, 1.82) is 0 Å². The molecule has 0 atom stereocenters. The van der Waals surface area contributed by atoms with Crippen LogP contribution in [0.15, 0.2) is 28.8 Å². The third-order valence-corrected chi connectivity index (χ3v) is 2.04. The van der Waals surface area contributed by atoms with Crippen LogP contribution in [0.5, 0.6) is 0 Å².